The van der Waals surface area contributed by atoms with Crippen molar-refractivity contribution < 1.29 is 19.5 Å². The molecule has 0 heterocycles. The first-order valence-electron chi connectivity index (χ1n) is 7.55. The molecule has 0 aromatic carbocycles. The molecular formula is C14H21N3O4. The van der Waals surface area contributed by atoms with E-state index in [0.29, 0.717) is 11.8 Å². The van der Waals surface area contributed by atoms with Crippen LogP contribution >= 0.6 is 0 Å². The van der Waals surface area contributed by atoms with E-state index in [4.69, 9.17) is 10.8 Å². The molecule has 3 aliphatic carbocycles. The highest BCUT2D eigenvalue weighted by Gasteiger charge is 2.65. The van der Waals surface area contributed by atoms with Gasteiger partial charge < -0.3 is 21.5 Å². The quantitative estimate of drug-likeness (QED) is 0.553. The van der Waals surface area contributed by atoms with Crippen LogP contribution in [0.2, 0.25) is 0 Å². The van der Waals surface area contributed by atoms with E-state index in [-0.39, 0.29) is 18.9 Å². The van der Waals surface area contributed by atoms with E-state index in [9.17, 15) is 14.4 Å². The van der Waals surface area contributed by atoms with E-state index in [1.54, 1.807) is 0 Å². The standard InChI is InChI=1S/C14H21N3O4/c15-9(18)4-3-8(13(19)20)16-14(21)17-12-10-6-1-2-7(5-6)11(10)12/h6-8,10-12H,1-5H2,(H2,15,18)(H,19,20)(H2,16,17,21)/t6?,7?,8-,10?,11?,12?/m1/s1. The molecule has 21 heavy (non-hydrogen) atoms. The number of nitrogens with two attached hydrogens (primary N) is 1. The lowest BCUT2D eigenvalue weighted by molar-refractivity contribution is -0.139. The van der Waals surface area contributed by atoms with E-state index in [0.717, 1.165) is 11.8 Å². The number of carbonyl (C=O) groups is 3. The molecule has 3 rings (SSSR count). The molecule has 3 amide bonds. The lowest BCUT2D eigenvalue weighted by Crippen LogP contribution is -2.47. The van der Waals surface area contributed by atoms with E-state index < -0.39 is 23.9 Å². The molecule has 3 fully saturated rings. The van der Waals surface area contributed by atoms with Gasteiger partial charge in [-0.25, -0.2) is 9.59 Å². The number of urea groups is 1. The minimum atomic E-state index is -1.15. The van der Waals surface area contributed by atoms with Gasteiger partial charge in [-0.1, -0.05) is 0 Å². The summed E-state index contributed by atoms with van der Waals surface area (Å²) in [6, 6.07) is -1.32. The first-order chi connectivity index (χ1) is 9.97. The molecule has 0 aromatic rings. The zero-order valence-electron chi connectivity index (χ0n) is 11.7. The van der Waals surface area contributed by atoms with E-state index in [1.807, 2.05) is 0 Å². The van der Waals surface area contributed by atoms with Crippen LogP contribution in [0.15, 0.2) is 0 Å². The molecule has 7 nitrogen and oxygen atoms in total. The fraction of sp³-hybridized carbons (Fsp3) is 0.786. The highest BCUT2D eigenvalue weighted by molar-refractivity contribution is 5.83. The van der Waals surface area contributed by atoms with Gasteiger partial charge in [-0.15, -0.1) is 0 Å². The van der Waals surface area contributed by atoms with Crippen molar-refractivity contribution in [2.75, 3.05) is 0 Å². The maximum atomic E-state index is 11.9. The molecular weight excluding hydrogens is 274 g/mol. The van der Waals surface area contributed by atoms with Crippen LogP contribution in [-0.2, 0) is 9.59 Å². The van der Waals surface area contributed by atoms with Crippen molar-refractivity contribution in [1.29, 1.82) is 0 Å². The number of rotatable bonds is 6. The summed E-state index contributed by atoms with van der Waals surface area (Å²) in [4.78, 5) is 33.7. The average Bonchev–Trinajstić information content (AvgIpc) is 2.82. The van der Waals surface area contributed by atoms with Gasteiger partial charge in [0.05, 0.1) is 0 Å². The van der Waals surface area contributed by atoms with Gasteiger partial charge in [-0.05, 0) is 49.4 Å². The Morgan fingerprint density at radius 1 is 1.19 bits per heavy atom. The third-order valence-electron chi connectivity index (χ3n) is 5.32. The fourth-order valence-corrected chi connectivity index (χ4v) is 4.41. The Bertz CT molecular complexity index is 465. The number of carboxylic acid groups (broad SMARTS) is 1. The van der Waals surface area contributed by atoms with Crippen molar-refractivity contribution >= 4 is 17.9 Å². The summed E-state index contributed by atoms with van der Waals surface area (Å²) in [5, 5.41) is 14.4. The lowest BCUT2D eigenvalue weighted by atomic mass is 10.0. The predicted octanol–water partition coefficient (Wildman–Crippen LogP) is 0.0488. The zero-order chi connectivity index (χ0) is 15.1. The Morgan fingerprint density at radius 3 is 2.33 bits per heavy atom. The SMILES string of the molecule is NC(=O)CC[C@@H](NC(=O)NC1C2C3CCC(C3)C12)C(=O)O. The predicted molar refractivity (Wildman–Crippen MR) is 73.1 cm³/mol. The molecule has 0 spiro atoms. The molecule has 0 radical (unpaired) electrons. The summed E-state index contributed by atoms with van der Waals surface area (Å²) >= 11 is 0. The molecule has 2 bridgehead atoms. The van der Waals surface area contributed by atoms with Crippen LogP contribution in [0.5, 0.6) is 0 Å². The van der Waals surface area contributed by atoms with Gasteiger partial charge in [0.2, 0.25) is 5.91 Å². The van der Waals surface area contributed by atoms with Crippen LogP contribution in [-0.4, -0.2) is 35.1 Å². The smallest absolute Gasteiger partial charge is 0.326 e. The second-order valence-corrected chi connectivity index (χ2v) is 6.53. The van der Waals surface area contributed by atoms with Crippen LogP contribution < -0.4 is 16.4 Å². The first-order valence-corrected chi connectivity index (χ1v) is 7.55. The lowest BCUT2D eigenvalue weighted by Gasteiger charge is -2.16. The monoisotopic (exact) mass is 295 g/mol. The number of nitrogens with one attached hydrogen (secondary N) is 2. The highest BCUT2D eigenvalue weighted by Crippen LogP contribution is 2.65. The molecule has 116 valence electrons. The Labute approximate surface area is 122 Å². The number of hydrogen-bond acceptors (Lipinski definition) is 3. The summed E-state index contributed by atoms with van der Waals surface area (Å²) < 4.78 is 0. The third-order valence-corrected chi connectivity index (χ3v) is 5.32. The topological polar surface area (TPSA) is 122 Å². The van der Waals surface area contributed by atoms with Crippen LogP contribution in [0.3, 0.4) is 0 Å². The van der Waals surface area contributed by atoms with E-state index in [2.05, 4.69) is 10.6 Å². The first kappa shape index (κ1) is 14.2. The van der Waals surface area contributed by atoms with E-state index >= 15 is 0 Å². The third kappa shape index (κ3) is 2.69. The maximum absolute atomic E-state index is 11.9. The van der Waals surface area contributed by atoms with Gasteiger partial charge in [0.15, 0.2) is 0 Å². The molecule has 0 aromatic heterocycles. The number of primary amides is 1. The largest absolute Gasteiger partial charge is 0.480 e. The molecule has 5 N–H and O–H groups in total. The number of carboxylic acids is 1. The number of amides is 3. The summed E-state index contributed by atoms with van der Waals surface area (Å²) in [7, 11) is 0. The van der Waals surface area contributed by atoms with E-state index in [1.165, 1.54) is 19.3 Å². The summed E-state index contributed by atoms with van der Waals surface area (Å²) in [6.45, 7) is 0. The molecule has 5 atom stereocenters. The number of carbonyl (C=O) groups excluding carboxylic acids is 2. The second kappa shape index (κ2) is 5.20. The van der Waals surface area contributed by atoms with Crippen molar-refractivity contribution in [3.63, 3.8) is 0 Å². The number of hydrogen-bond donors (Lipinski definition) is 4. The van der Waals surface area contributed by atoms with Crippen molar-refractivity contribution in [3.8, 4) is 0 Å². The van der Waals surface area contributed by atoms with Crippen LogP contribution in [0, 0.1) is 23.7 Å². The Kier molecular flexibility index (Phi) is 3.51. The van der Waals surface area contributed by atoms with Gasteiger partial charge in [0.25, 0.3) is 0 Å². The second-order valence-electron chi connectivity index (χ2n) is 6.53. The summed E-state index contributed by atoms with van der Waals surface area (Å²) in [5.41, 5.74) is 5.00. The average molecular weight is 295 g/mol. The van der Waals surface area contributed by atoms with Crippen LogP contribution in [0.25, 0.3) is 0 Å². The highest BCUT2D eigenvalue weighted by atomic mass is 16.4. The molecule has 0 saturated heterocycles. The van der Waals surface area contributed by atoms with Gasteiger partial charge in [-0.2, -0.15) is 0 Å². The Balaban J connectivity index is 1.47. The molecule has 0 aliphatic heterocycles. The van der Waals surface area contributed by atoms with Crippen molar-refractivity contribution in [2.24, 2.45) is 29.4 Å². The van der Waals surface area contributed by atoms with Gasteiger partial charge in [0.1, 0.15) is 6.04 Å². The summed E-state index contributed by atoms with van der Waals surface area (Å²) in [6.07, 6.45) is 3.78. The number of fused-ring (bicyclic) bond motifs is 5. The minimum absolute atomic E-state index is 0.0147. The molecule has 4 unspecified atom stereocenters. The van der Waals surface area contributed by atoms with Crippen LogP contribution in [0.1, 0.15) is 32.1 Å². The minimum Gasteiger partial charge on any atom is -0.480 e. The van der Waals surface area contributed by atoms with Crippen LogP contribution in [0.4, 0.5) is 4.79 Å². The van der Waals surface area contributed by atoms with Gasteiger partial charge in [0, 0.05) is 12.5 Å². The molecule has 7 heteroatoms. The zero-order valence-corrected chi connectivity index (χ0v) is 11.7. The van der Waals surface area contributed by atoms with Crippen molar-refractivity contribution in [1.82, 2.24) is 10.6 Å². The van der Waals surface area contributed by atoms with Gasteiger partial charge >= 0.3 is 12.0 Å². The Hall–Kier alpha value is -1.79. The maximum Gasteiger partial charge on any atom is 0.326 e. The molecule has 3 saturated carbocycles. The van der Waals surface area contributed by atoms with Gasteiger partial charge in [-0.3, -0.25) is 4.79 Å². The Morgan fingerprint density at radius 2 is 1.81 bits per heavy atom. The van der Waals surface area contributed by atoms with Crippen molar-refractivity contribution in [3.05, 3.63) is 0 Å². The summed E-state index contributed by atoms with van der Waals surface area (Å²) in [5.74, 6) is 0.969. The van der Waals surface area contributed by atoms with Crippen molar-refractivity contribution in [2.45, 2.75) is 44.2 Å². The normalized spacial score (nSPS) is 36.7. The fourth-order valence-electron chi connectivity index (χ4n) is 4.41. The number of aliphatic carboxylic acids is 1. The molecule has 3 aliphatic rings.